The minimum absolute atomic E-state index is 0.0160. The van der Waals surface area contributed by atoms with Crippen LogP contribution in [-0.2, 0) is 6.61 Å². The molecule has 0 radical (unpaired) electrons. The van der Waals surface area contributed by atoms with Crippen LogP contribution in [0.25, 0.3) is 22.3 Å². The molecule has 31 heavy (non-hydrogen) atoms. The number of fused-ring (bicyclic) bond motifs is 1. The summed E-state index contributed by atoms with van der Waals surface area (Å²) in [5.41, 5.74) is 1.44. The van der Waals surface area contributed by atoms with Gasteiger partial charge in [0.2, 0.25) is 11.2 Å². The monoisotopic (exact) mass is 481 g/mol. The predicted octanol–water partition coefficient (Wildman–Crippen LogP) is 5.72. The van der Waals surface area contributed by atoms with Crippen LogP contribution in [0.15, 0.2) is 80.4 Å². The summed E-state index contributed by atoms with van der Waals surface area (Å²) < 4.78 is 17.9. The molecule has 0 saturated heterocycles. The highest BCUT2D eigenvalue weighted by Crippen LogP contribution is 2.35. The molecule has 0 N–H and O–H groups in total. The van der Waals surface area contributed by atoms with Crippen molar-refractivity contribution in [3.63, 3.8) is 0 Å². The summed E-state index contributed by atoms with van der Waals surface area (Å²) in [5, 5.41) is 11.2. The van der Waals surface area contributed by atoms with Crippen molar-refractivity contribution < 1.29 is 18.8 Å². The van der Waals surface area contributed by atoms with Gasteiger partial charge >= 0.3 is 0 Å². The molecule has 156 valence electrons. The van der Waals surface area contributed by atoms with Gasteiger partial charge in [-0.2, -0.15) is 0 Å². The summed E-state index contributed by atoms with van der Waals surface area (Å²) in [6.45, 7) is 0.0470. The number of methoxy groups -OCH3 is 1. The van der Waals surface area contributed by atoms with E-state index in [9.17, 15) is 14.9 Å². The molecule has 8 heteroatoms. The molecule has 0 spiro atoms. The fourth-order valence-electron chi connectivity index (χ4n) is 3.12. The minimum atomic E-state index is -0.470. The van der Waals surface area contributed by atoms with E-state index in [1.807, 2.05) is 0 Å². The number of ether oxygens (including phenoxy) is 2. The van der Waals surface area contributed by atoms with E-state index in [0.717, 1.165) is 0 Å². The lowest BCUT2D eigenvalue weighted by molar-refractivity contribution is -0.384. The van der Waals surface area contributed by atoms with Gasteiger partial charge in [0.1, 0.15) is 17.9 Å². The van der Waals surface area contributed by atoms with Crippen LogP contribution in [0.3, 0.4) is 0 Å². The highest BCUT2D eigenvalue weighted by atomic mass is 79.9. The molecule has 7 nitrogen and oxygen atoms in total. The highest BCUT2D eigenvalue weighted by molar-refractivity contribution is 9.10. The van der Waals surface area contributed by atoms with Gasteiger partial charge in [-0.05, 0) is 64.0 Å². The molecule has 0 amide bonds. The Labute approximate surface area is 185 Å². The van der Waals surface area contributed by atoms with Crippen molar-refractivity contribution in [1.82, 2.24) is 0 Å². The van der Waals surface area contributed by atoms with Crippen molar-refractivity contribution in [3.05, 3.63) is 97.1 Å². The summed E-state index contributed by atoms with van der Waals surface area (Å²) in [7, 11) is 1.56. The Balaban J connectivity index is 1.78. The van der Waals surface area contributed by atoms with Crippen LogP contribution in [0.4, 0.5) is 5.69 Å². The van der Waals surface area contributed by atoms with Crippen molar-refractivity contribution in [1.29, 1.82) is 0 Å². The van der Waals surface area contributed by atoms with Crippen LogP contribution in [0.5, 0.6) is 11.5 Å². The molecule has 0 aliphatic carbocycles. The normalized spacial score (nSPS) is 10.8. The first-order valence-corrected chi connectivity index (χ1v) is 10.0. The van der Waals surface area contributed by atoms with Crippen LogP contribution in [-0.4, -0.2) is 12.0 Å². The molecule has 0 aliphatic rings. The first-order chi connectivity index (χ1) is 15.0. The molecule has 1 heterocycles. The Kier molecular flexibility index (Phi) is 5.73. The molecule has 0 saturated carbocycles. The summed E-state index contributed by atoms with van der Waals surface area (Å²) in [6.07, 6.45) is 0. The lowest BCUT2D eigenvalue weighted by atomic mass is 10.1. The fraction of sp³-hybridized carbons (Fsp3) is 0.0870. The molecule has 4 rings (SSSR count). The highest BCUT2D eigenvalue weighted by Gasteiger charge is 2.19. The first-order valence-electron chi connectivity index (χ1n) is 9.24. The van der Waals surface area contributed by atoms with E-state index < -0.39 is 4.92 Å². The van der Waals surface area contributed by atoms with Gasteiger partial charge in [-0.15, -0.1) is 0 Å². The molecule has 0 aliphatic heterocycles. The molecule has 0 bridgehead atoms. The Morgan fingerprint density at radius 3 is 2.48 bits per heavy atom. The number of hydrogen-bond acceptors (Lipinski definition) is 6. The number of nitro benzene ring substituents is 1. The van der Waals surface area contributed by atoms with E-state index in [-0.39, 0.29) is 29.2 Å². The molecule has 0 fully saturated rings. The maximum atomic E-state index is 13.2. The average Bonchev–Trinajstić information content (AvgIpc) is 2.78. The predicted molar refractivity (Wildman–Crippen MR) is 120 cm³/mol. The summed E-state index contributed by atoms with van der Waals surface area (Å²) in [5.74, 6) is 0.989. The van der Waals surface area contributed by atoms with Gasteiger partial charge in [-0.3, -0.25) is 14.9 Å². The van der Waals surface area contributed by atoms with E-state index >= 15 is 0 Å². The van der Waals surface area contributed by atoms with Crippen molar-refractivity contribution in [3.8, 4) is 22.8 Å². The van der Waals surface area contributed by atoms with E-state index in [1.165, 1.54) is 12.1 Å². The second kappa shape index (κ2) is 8.61. The van der Waals surface area contributed by atoms with Gasteiger partial charge in [-0.25, -0.2) is 0 Å². The van der Waals surface area contributed by atoms with E-state index in [4.69, 9.17) is 13.9 Å². The third-order valence-corrected chi connectivity index (χ3v) is 5.32. The number of hydrogen-bond donors (Lipinski definition) is 0. The maximum Gasteiger partial charge on any atom is 0.269 e. The molecular weight excluding hydrogens is 466 g/mol. The number of para-hydroxylation sites is 1. The van der Waals surface area contributed by atoms with Crippen molar-refractivity contribution in [2.24, 2.45) is 0 Å². The topological polar surface area (TPSA) is 91.8 Å². The lowest BCUT2D eigenvalue weighted by Gasteiger charge is -2.13. The minimum Gasteiger partial charge on any atom is -0.496 e. The van der Waals surface area contributed by atoms with E-state index in [2.05, 4.69) is 15.9 Å². The van der Waals surface area contributed by atoms with Gasteiger partial charge in [0.15, 0.2) is 5.76 Å². The number of rotatable bonds is 6. The second-order valence-corrected chi connectivity index (χ2v) is 7.50. The number of nitro groups is 1. The number of benzene rings is 3. The van der Waals surface area contributed by atoms with Crippen LogP contribution < -0.4 is 14.9 Å². The largest absolute Gasteiger partial charge is 0.496 e. The van der Waals surface area contributed by atoms with Crippen LogP contribution in [0.1, 0.15) is 5.56 Å². The lowest BCUT2D eigenvalue weighted by Crippen LogP contribution is -2.10. The van der Waals surface area contributed by atoms with Crippen molar-refractivity contribution >= 4 is 32.6 Å². The van der Waals surface area contributed by atoms with Crippen LogP contribution >= 0.6 is 15.9 Å². The number of nitrogens with zero attached hydrogens (tertiary/aromatic N) is 1. The van der Waals surface area contributed by atoms with Gasteiger partial charge in [0.25, 0.3) is 5.69 Å². The van der Waals surface area contributed by atoms with E-state index in [1.54, 1.807) is 61.7 Å². The third-order valence-electron chi connectivity index (χ3n) is 4.70. The molecule has 1 aromatic heterocycles. The van der Waals surface area contributed by atoms with Crippen LogP contribution in [0, 0.1) is 10.1 Å². The number of non-ortho nitro benzene ring substituents is 1. The first kappa shape index (κ1) is 20.6. The van der Waals surface area contributed by atoms with Gasteiger partial charge < -0.3 is 13.9 Å². The molecular formula is C23H16BrNO6. The standard InChI is InChI=1S/C23H16BrNO6/c1-29-20-11-8-15(12-18(20)24)22-23(21(26)17-4-2-3-5-19(17)31-22)30-13-14-6-9-16(10-7-14)25(27)28/h2-12H,13H2,1H3. The second-order valence-electron chi connectivity index (χ2n) is 6.65. The fourth-order valence-corrected chi connectivity index (χ4v) is 3.66. The van der Waals surface area contributed by atoms with Crippen molar-refractivity contribution in [2.75, 3.05) is 7.11 Å². The molecule has 0 atom stereocenters. The zero-order chi connectivity index (χ0) is 22.0. The Bertz CT molecular complexity index is 1330. The Morgan fingerprint density at radius 1 is 1.06 bits per heavy atom. The average molecular weight is 482 g/mol. The Hall–Kier alpha value is -3.65. The van der Waals surface area contributed by atoms with Gasteiger partial charge in [0, 0.05) is 17.7 Å². The molecule has 0 unspecified atom stereocenters. The smallest absolute Gasteiger partial charge is 0.269 e. The van der Waals surface area contributed by atoms with Crippen molar-refractivity contribution in [2.45, 2.75) is 6.61 Å². The third kappa shape index (κ3) is 4.15. The molecule has 3 aromatic carbocycles. The van der Waals surface area contributed by atoms with Crippen LogP contribution in [0.2, 0.25) is 0 Å². The SMILES string of the molecule is COc1ccc(-c2oc3ccccc3c(=O)c2OCc2ccc([N+](=O)[O-])cc2)cc1Br. The van der Waals surface area contributed by atoms with Gasteiger partial charge in [0.05, 0.1) is 21.9 Å². The summed E-state index contributed by atoms with van der Waals surface area (Å²) in [6, 6.07) is 18.2. The molecule has 4 aromatic rings. The summed E-state index contributed by atoms with van der Waals surface area (Å²) in [4.78, 5) is 23.6. The zero-order valence-electron chi connectivity index (χ0n) is 16.3. The summed E-state index contributed by atoms with van der Waals surface area (Å²) >= 11 is 3.45. The quantitative estimate of drug-likeness (QED) is 0.258. The maximum absolute atomic E-state index is 13.2. The number of halogens is 1. The Morgan fingerprint density at radius 2 is 1.81 bits per heavy atom. The van der Waals surface area contributed by atoms with E-state index in [0.29, 0.717) is 32.3 Å². The van der Waals surface area contributed by atoms with Gasteiger partial charge in [-0.1, -0.05) is 12.1 Å². The zero-order valence-corrected chi connectivity index (χ0v) is 17.9.